The van der Waals surface area contributed by atoms with Gasteiger partial charge in [-0.2, -0.15) is 0 Å². The van der Waals surface area contributed by atoms with Gasteiger partial charge < -0.3 is 20.3 Å². The highest BCUT2D eigenvalue weighted by Gasteiger charge is 2.14. The molecule has 26 heavy (non-hydrogen) atoms. The first-order chi connectivity index (χ1) is 12.1. The quantitative estimate of drug-likeness (QED) is 0.275. The van der Waals surface area contributed by atoms with Crippen molar-refractivity contribution >= 4 is 29.9 Å². The van der Waals surface area contributed by atoms with Crippen molar-refractivity contribution in [2.45, 2.75) is 39.7 Å². The van der Waals surface area contributed by atoms with Crippen LogP contribution in [0.15, 0.2) is 23.2 Å². The molecule has 1 saturated heterocycles. The van der Waals surface area contributed by atoms with Gasteiger partial charge in [0, 0.05) is 20.1 Å². The van der Waals surface area contributed by atoms with Crippen molar-refractivity contribution in [2.75, 3.05) is 40.3 Å². The van der Waals surface area contributed by atoms with E-state index in [0.717, 1.165) is 42.7 Å². The molecule has 2 N–H and O–H groups in total. The number of aliphatic imine (C=N–C) groups is 1. The van der Waals surface area contributed by atoms with Gasteiger partial charge >= 0.3 is 0 Å². The Labute approximate surface area is 176 Å². The van der Waals surface area contributed by atoms with Crippen LogP contribution in [0.1, 0.15) is 37.3 Å². The SMILES string of the molecule is CN=C(NCCCN1CCC(C)CC1)NCc1ccc(OC)c(C)c1.I. The number of hydrogen-bond acceptors (Lipinski definition) is 3. The smallest absolute Gasteiger partial charge is 0.191 e. The lowest BCUT2D eigenvalue weighted by Gasteiger charge is -2.30. The Morgan fingerprint density at radius 3 is 2.62 bits per heavy atom. The maximum absolute atomic E-state index is 5.31. The Morgan fingerprint density at radius 1 is 1.27 bits per heavy atom. The van der Waals surface area contributed by atoms with Gasteiger partial charge in [-0.25, -0.2) is 0 Å². The van der Waals surface area contributed by atoms with Gasteiger partial charge in [0.25, 0.3) is 0 Å². The van der Waals surface area contributed by atoms with Crippen molar-refractivity contribution in [3.63, 3.8) is 0 Å². The average Bonchev–Trinajstić information content (AvgIpc) is 2.62. The molecule has 0 saturated carbocycles. The third-order valence-electron chi connectivity index (χ3n) is 4.96. The summed E-state index contributed by atoms with van der Waals surface area (Å²) in [4.78, 5) is 6.89. The number of hydrogen-bond donors (Lipinski definition) is 2. The van der Waals surface area contributed by atoms with E-state index >= 15 is 0 Å². The number of aryl methyl sites for hydroxylation is 1. The number of methoxy groups -OCH3 is 1. The lowest BCUT2D eigenvalue weighted by Crippen LogP contribution is -2.39. The molecule has 0 spiro atoms. The van der Waals surface area contributed by atoms with Crippen LogP contribution in [-0.2, 0) is 6.54 Å². The second-order valence-electron chi connectivity index (χ2n) is 7.03. The zero-order chi connectivity index (χ0) is 18.1. The molecule has 2 rings (SSSR count). The van der Waals surface area contributed by atoms with Crippen LogP contribution >= 0.6 is 24.0 Å². The number of halogens is 1. The molecule has 0 bridgehead atoms. The first-order valence-corrected chi connectivity index (χ1v) is 9.42. The number of guanidine groups is 1. The molecule has 1 aliphatic rings. The van der Waals surface area contributed by atoms with Gasteiger partial charge in [-0.15, -0.1) is 24.0 Å². The molecule has 1 fully saturated rings. The lowest BCUT2D eigenvalue weighted by molar-refractivity contribution is 0.191. The molecular weight excluding hydrogens is 439 g/mol. The fourth-order valence-electron chi connectivity index (χ4n) is 3.25. The number of ether oxygens (including phenoxy) is 1. The monoisotopic (exact) mass is 474 g/mol. The Morgan fingerprint density at radius 2 is 2.00 bits per heavy atom. The standard InChI is InChI=1S/C20H34N4O.HI/c1-16-8-12-24(13-9-16)11-5-10-22-20(21-3)23-15-18-6-7-19(25-4)17(2)14-18;/h6-7,14,16H,5,8-13,15H2,1-4H3,(H2,21,22,23);1H. The number of piperidine rings is 1. The van der Waals surface area contributed by atoms with E-state index in [1.807, 2.05) is 13.1 Å². The predicted octanol–water partition coefficient (Wildman–Crippen LogP) is 3.41. The zero-order valence-electron chi connectivity index (χ0n) is 16.7. The summed E-state index contributed by atoms with van der Waals surface area (Å²) in [7, 11) is 3.52. The summed E-state index contributed by atoms with van der Waals surface area (Å²) in [6.07, 6.45) is 3.84. The Balaban J connectivity index is 0.00000338. The van der Waals surface area contributed by atoms with E-state index in [0.29, 0.717) is 0 Å². The molecule has 0 aliphatic carbocycles. The van der Waals surface area contributed by atoms with E-state index in [9.17, 15) is 0 Å². The molecule has 1 aliphatic heterocycles. The van der Waals surface area contributed by atoms with Crippen molar-refractivity contribution < 1.29 is 4.74 Å². The van der Waals surface area contributed by atoms with Crippen molar-refractivity contribution in [2.24, 2.45) is 10.9 Å². The van der Waals surface area contributed by atoms with Gasteiger partial charge in [-0.05, 0) is 68.9 Å². The summed E-state index contributed by atoms with van der Waals surface area (Å²) in [6, 6.07) is 6.25. The van der Waals surface area contributed by atoms with Crippen LogP contribution in [0.4, 0.5) is 0 Å². The fourth-order valence-corrected chi connectivity index (χ4v) is 3.25. The minimum atomic E-state index is 0. The highest BCUT2D eigenvalue weighted by atomic mass is 127. The maximum atomic E-state index is 5.31. The van der Waals surface area contributed by atoms with Crippen LogP contribution < -0.4 is 15.4 Å². The van der Waals surface area contributed by atoms with E-state index in [2.05, 4.69) is 46.5 Å². The Bertz CT molecular complexity index is 557. The van der Waals surface area contributed by atoms with E-state index in [1.54, 1.807) is 7.11 Å². The van der Waals surface area contributed by atoms with Gasteiger partial charge in [0.2, 0.25) is 0 Å². The van der Waals surface area contributed by atoms with Gasteiger partial charge in [0.05, 0.1) is 7.11 Å². The zero-order valence-corrected chi connectivity index (χ0v) is 19.0. The Kier molecular flexibility index (Phi) is 11.0. The van der Waals surface area contributed by atoms with Gasteiger partial charge in [0.15, 0.2) is 5.96 Å². The minimum absolute atomic E-state index is 0. The second-order valence-corrected chi connectivity index (χ2v) is 7.03. The molecule has 1 aromatic carbocycles. The molecule has 0 radical (unpaired) electrons. The maximum Gasteiger partial charge on any atom is 0.191 e. The number of nitrogens with one attached hydrogen (secondary N) is 2. The molecule has 1 aromatic rings. The second kappa shape index (κ2) is 12.4. The highest BCUT2D eigenvalue weighted by molar-refractivity contribution is 14.0. The number of nitrogens with zero attached hydrogens (tertiary/aromatic N) is 2. The summed E-state index contributed by atoms with van der Waals surface area (Å²) in [6.45, 7) is 9.82. The summed E-state index contributed by atoms with van der Waals surface area (Å²) in [5.74, 6) is 2.69. The van der Waals surface area contributed by atoms with Crippen LogP contribution in [0.5, 0.6) is 5.75 Å². The Hall–Kier alpha value is -1.02. The summed E-state index contributed by atoms with van der Waals surface area (Å²) in [5, 5.41) is 6.79. The summed E-state index contributed by atoms with van der Waals surface area (Å²) < 4.78 is 5.31. The van der Waals surface area contributed by atoms with Crippen LogP contribution in [0, 0.1) is 12.8 Å². The first-order valence-electron chi connectivity index (χ1n) is 9.42. The first kappa shape index (κ1) is 23.0. The molecule has 0 amide bonds. The average molecular weight is 474 g/mol. The van der Waals surface area contributed by atoms with Gasteiger partial charge in [0.1, 0.15) is 5.75 Å². The van der Waals surface area contributed by atoms with Crippen LogP contribution in [-0.4, -0.2) is 51.2 Å². The molecule has 1 heterocycles. The third-order valence-corrected chi connectivity index (χ3v) is 4.96. The highest BCUT2D eigenvalue weighted by Crippen LogP contribution is 2.18. The fraction of sp³-hybridized carbons (Fsp3) is 0.650. The molecule has 0 unspecified atom stereocenters. The predicted molar refractivity (Wildman–Crippen MR) is 121 cm³/mol. The van der Waals surface area contributed by atoms with Gasteiger partial charge in [-0.1, -0.05) is 19.1 Å². The molecule has 0 atom stereocenters. The van der Waals surface area contributed by atoms with E-state index in [-0.39, 0.29) is 24.0 Å². The third kappa shape index (κ3) is 7.70. The van der Waals surface area contributed by atoms with Crippen molar-refractivity contribution in [3.05, 3.63) is 29.3 Å². The van der Waals surface area contributed by atoms with E-state index in [4.69, 9.17) is 4.74 Å². The van der Waals surface area contributed by atoms with Crippen molar-refractivity contribution in [1.82, 2.24) is 15.5 Å². The number of benzene rings is 1. The largest absolute Gasteiger partial charge is 0.496 e. The topological polar surface area (TPSA) is 48.9 Å². The van der Waals surface area contributed by atoms with Gasteiger partial charge in [-0.3, -0.25) is 4.99 Å². The molecule has 0 aromatic heterocycles. The number of likely N-dealkylation sites (tertiary alicyclic amines) is 1. The van der Waals surface area contributed by atoms with Crippen LogP contribution in [0.2, 0.25) is 0 Å². The molecule has 6 heteroatoms. The normalized spacial score (nSPS) is 16.1. The van der Waals surface area contributed by atoms with E-state index in [1.165, 1.54) is 38.0 Å². The lowest BCUT2D eigenvalue weighted by atomic mass is 9.99. The van der Waals surface area contributed by atoms with Crippen LogP contribution in [0.25, 0.3) is 0 Å². The van der Waals surface area contributed by atoms with Crippen molar-refractivity contribution in [3.8, 4) is 5.75 Å². The van der Waals surface area contributed by atoms with Crippen molar-refractivity contribution in [1.29, 1.82) is 0 Å². The molecule has 148 valence electrons. The summed E-state index contributed by atoms with van der Waals surface area (Å²) in [5.41, 5.74) is 2.38. The van der Waals surface area contributed by atoms with Crippen LogP contribution in [0.3, 0.4) is 0 Å². The molecular formula is C20H35IN4O. The van der Waals surface area contributed by atoms with E-state index < -0.39 is 0 Å². The number of rotatable bonds is 7. The molecule has 5 nitrogen and oxygen atoms in total. The summed E-state index contributed by atoms with van der Waals surface area (Å²) >= 11 is 0. The minimum Gasteiger partial charge on any atom is -0.496 e.